The van der Waals surface area contributed by atoms with Crippen molar-refractivity contribution in [3.8, 4) is 0 Å². The van der Waals surface area contributed by atoms with Crippen LogP contribution in [0, 0.1) is 5.41 Å². The Morgan fingerprint density at radius 2 is 1.94 bits per heavy atom. The van der Waals surface area contributed by atoms with Crippen LogP contribution in [-0.4, -0.2) is 47.3 Å². The number of aliphatic hydroxyl groups excluding tert-OH is 1. The number of likely N-dealkylation sites (tertiary alicyclic amines) is 1. The Bertz CT molecular complexity index is 222. The summed E-state index contributed by atoms with van der Waals surface area (Å²) in [7, 11) is 0. The molecule has 0 saturated carbocycles. The van der Waals surface area contributed by atoms with Crippen LogP contribution in [0.5, 0.6) is 0 Å². The average Bonchev–Trinajstić information content (AvgIpc) is 2.30. The summed E-state index contributed by atoms with van der Waals surface area (Å²) in [6, 6.07) is 0. The molecular weight excluding hydrogens is 206 g/mol. The lowest BCUT2D eigenvalue weighted by atomic mass is 9.76. The first-order valence-corrected chi connectivity index (χ1v) is 6.21. The van der Waals surface area contributed by atoms with Gasteiger partial charge in [0.05, 0.1) is 5.41 Å². The van der Waals surface area contributed by atoms with Crippen LogP contribution < -0.4 is 0 Å². The summed E-state index contributed by atoms with van der Waals surface area (Å²) in [5.41, 5.74) is -0.479. The molecule has 2 N–H and O–H groups in total. The van der Waals surface area contributed by atoms with E-state index in [0.717, 1.165) is 51.7 Å². The van der Waals surface area contributed by atoms with Crippen molar-refractivity contribution in [2.24, 2.45) is 5.41 Å². The molecule has 94 valence electrons. The molecule has 0 aromatic rings. The summed E-state index contributed by atoms with van der Waals surface area (Å²) in [5.74, 6) is -0.634. The molecule has 1 aliphatic heterocycles. The fraction of sp³-hybridized carbons (Fsp3) is 0.917. The zero-order chi connectivity index (χ0) is 12.0. The molecule has 4 heteroatoms. The van der Waals surface area contributed by atoms with E-state index in [0.29, 0.717) is 0 Å². The van der Waals surface area contributed by atoms with Gasteiger partial charge >= 0.3 is 5.97 Å². The molecule has 0 unspecified atom stereocenters. The van der Waals surface area contributed by atoms with Gasteiger partial charge in [-0.15, -0.1) is 0 Å². The van der Waals surface area contributed by atoms with Gasteiger partial charge in [-0.2, -0.15) is 0 Å². The fourth-order valence-corrected chi connectivity index (χ4v) is 2.37. The molecule has 1 saturated heterocycles. The third kappa shape index (κ3) is 3.19. The van der Waals surface area contributed by atoms with E-state index in [-0.39, 0.29) is 6.61 Å². The van der Waals surface area contributed by atoms with Crippen molar-refractivity contribution in [3.05, 3.63) is 0 Å². The maximum atomic E-state index is 11.2. The van der Waals surface area contributed by atoms with Crippen LogP contribution in [0.15, 0.2) is 0 Å². The van der Waals surface area contributed by atoms with Crippen LogP contribution >= 0.6 is 0 Å². The van der Waals surface area contributed by atoms with Crippen LogP contribution in [-0.2, 0) is 4.79 Å². The molecule has 0 spiro atoms. The number of piperidine rings is 1. The fourth-order valence-electron chi connectivity index (χ4n) is 2.37. The molecule has 1 rings (SSSR count). The predicted molar refractivity (Wildman–Crippen MR) is 62.4 cm³/mol. The maximum absolute atomic E-state index is 11.2. The van der Waals surface area contributed by atoms with E-state index >= 15 is 0 Å². The highest BCUT2D eigenvalue weighted by Crippen LogP contribution is 2.35. The molecule has 1 aliphatic rings. The lowest BCUT2D eigenvalue weighted by molar-refractivity contribution is -0.152. The molecule has 16 heavy (non-hydrogen) atoms. The molecule has 0 aliphatic carbocycles. The normalized spacial score (nSPS) is 20.9. The SMILES string of the molecule is CCC1(C(=O)O)CCN(CCCCO)CC1. The third-order valence-corrected chi connectivity index (χ3v) is 3.83. The Kier molecular flexibility index (Phi) is 5.22. The first-order chi connectivity index (χ1) is 7.64. The van der Waals surface area contributed by atoms with Gasteiger partial charge in [-0.3, -0.25) is 4.79 Å². The van der Waals surface area contributed by atoms with Gasteiger partial charge in [0.15, 0.2) is 0 Å². The number of aliphatic carboxylic acids is 1. The minimum absolute atomic E-state index is 0.252. The van der Waals surface area contributed by atoms with Gasteiger partial charge in [-0.05, 0) is 51.7 Å². The molecule has 0 amide bonds. The largest absolute Gasteiger partial charge is 0.481 e. The molecule has 1 heterocycles. The molecule has 0 aromatic carbocycles. The first kappa shape index (κ1) is 13.5. The van der Waals surface area contributed by atoms with Gasteiger partial charge in [0.2, 0.25) is 0 Å². The number of carboxylic acid groups (broad SMARTS) is 1. The highest BCUT2D eigenvalue weighted by atomic mass is 16.4. The van der Waals surface area contributed by atoms with Gasteiger partial charge in [0.25, 0.3) is 0 Å². The van der Waals surface area contributed by atoms with Crippen molar-refractivity contribution < 1.29 is 15.0 Å². The number of rotatable bonds is 6. The van der Waals surface area contributed by atoms with Crippen LogP contribution in [0.4, 0.5) is 0 Å². The molecule has 4 nitrogen and oxygen atoms in total. The summed E-state index contributed by atoms with van der Waals surface area (Å²) in [4.78, 5) is 13.5. The lowest BCUT2D eigenvalue weighted by Crippen LogP contribution is -2.44. The van der Waals surface area contributed by atoms with Crippen molar-refractivity contribution in [2.45, 2.75) is 39.0 Å². The lowest BCUT2D eigenvalue weighted by Gasteiger charge is -2.38. The molecule has 0 aromatic heterocycles. The number of carbonyl (C=O) groups is 1. The smallest absolute Gasteiger partial charge is 0.309 e. The van der Waals surface area contributed by atoms with Gasteiger partial charge in [-0.25, -0.2) is 0 Å². The topological polar surface area (TPSA) is 60.8 Å². The van der Waals surface area contributed by atoms with E-state index in [1.165, 1.54) is 0 Å². The number of unbranched alkanes of at least 4 members (excludes halogenated alkanes) is 1. The number of carboxylic acids is 1. The van der Waals surface area contributed by atoms with E-state index < -0.39 is 11.4 Å². The standard InChI is InChI=1S/C12H23NO3/c1-2-12(11(15)16)5-8-13(9-6-12)7-3-4-10-14/h14H,2-10H2,1H3,(H,15,16). The summed E-state index contributed by atoms with van der Waals surface area (Å²) in [6.07, 6.45) is 4.10. The second-order valence-electron chi connectivity index (χ2n) is 4.71. The number of nitrogens with zero attached hydrogens (tertiary/aromatic N) is 1. The highest BCUT2D eigenvalue weighted by molar-refractivity contribution is 5.74. The first-order valence-electron chi connectivity index (χ1n) is 6.21. The third-order valence-electron chi connectivity index (χ3n) is 3.83. The van der Waals surface area contributed by atoms with E-state index in [1.54, 1.807) is 0 Å². The van der Waals surface area contributed by atoms with Crippen LogP contribution in [0.3, 0.4) is 0 Å². The number of hydrogen-bond acceptors (Lipinski definition) is 3. The van der Waals surface area contributed by atoms with E-state index in [9.17, 15) is 9.90 Å². The monoisotopic (exact) mass is 229 g/mol. The average molecular weight is 229 g/mol. The van der Waals surface area contributed by atoms with E-state index in [4.69, 9.17) is 5.11 Å². The van der Waals surface area contributed by atoms with Crippen molar-refractivity contribution in [1.82, 2.24) is 4.90 Å². The van der Waals surface area contributed by atoms with Gasteiger partial charge < -0.3 is 15.1 Å². The van der Waals surface area contributed by atoms with Crippen molar-refractivity contribution in [3.63, 3.8) is 0 Å². The second-order valence-corrected chi connectivity index (χ2v) is 4.71. The molecule has 1 fully saturated rings. The molecular formula is C12H23NO3. The summed E-state index contributed by atoms with van der Waals surface area (Å²) in [6.45, 7) is 4.97. The molecule has 0 atom stereocenters. The summed E-state index contributed by atoms with van der Waals surface area (Å²) >= 11 is 0. The van der Waals surface area contributed by atoms with E-state index in [1.807, 2.05) is 6.92 Å². The van der Waals surface area contributed by atoms with Crippen molar-refractivity contribution in [1.29, 1.82) is 0 Å². The van der Waals surface area contributed by atoms with Gasteiger partial charge in [-0.1, -0.05) is 6.92 Å². The zero-order valence-electron chi connectivity index (χ0n) is 10.1. The van der Waals surface area contributed by atoms with Gasteiger partial charge in [0, 0.05) is 6.61 Å². The number of aliphatic hydroxyl groups is 1. The van der Waals surface area contributed by atoms with Gasteiger partial charge in [0.1, 0.15) is 0 Å². The van der Waals surface area contributed by atoms with Crippen molar-refractivity contribution in [2.75, 3.05) is 26.2 Å². The van der Waals surface area contributed by atoms with E-state index in [2.05, 4.69) is 4.90 Å². The summed E-state index contributed by atoms with van der Waals surface area (Å²) in [5, 5.41) is 17.9. The second kappa shape index (κ2) is 6.21. The van der Waals surface area contributed by atoms with Crippen LogP contribution in [0.25, 0.3) is 0 Å². The Morgan fingerprint density at radius 1 is 1.31 bits per heavy atom. The zero-order valence-corrected chi connectivity index (χ0v) is 10.1. The Morgan fingerprint density at radius 3 is 2.38 bits per heavy atom. The molecule has 0 bridgehead atoms. The Hall–Kier alpha value is -0.610. The maximum Gasteiger partial charge on any atom is 0.309 e. The van der Waals surface area contributed by atoms with Crippen LogP contribution in [0.2, 0.25) is 0 Å². The Balaban J connectivity index is 2.35. The minimum atomic E-state index is -0.634. The minimum Gasteiger partial charge on any atom is -0.481 e. The van der Waals surface area contributed by atoms with Crippen molar-refractivity contribution >= 4 is 5.97 Å². The highest BCUT2D eigenvalue weighted by Gasteiger charge is 2.39. The summed E-state index contributed by atoms with van der Waals surface area (Å²) < 4.78 is 0. The Labute approximate surface area is 97.3 Å². The number of hydrogen-bond donors (Lipinski definition) is 2. The quantitative estimate of drug-likeness (QED) is 0.675. The van der Waals surface area contributed by atoms with Crippen LogP contribution in [0.1, 0.15) is 39.0 Å². The molecule has 0 radical (unpaired) electrons. The predicted octanol–water partition coefficient (Wildman–Crippen LogP) is 1.34.